The Kier molecular flexibility index (Phi) is 8.73. The normalized spacial score (nSPS) is 21.6. The molecule has 1 heterocycles. The number of aliphatic hydroxyl groups is 1. The predicted molar refractivity (Wildman–Crippen MR) is 99.7 cm³/mol. The van der Waals surface area contributed by atoms with E-state index in [4.69, 9.17) is 19.3 Å². The van der Waals surface area contributed by atoms with Gasteiger partial charge in [-0.05, 0) is 42.9 Å². The van der Waals surface area contributed by atoms with Crippen molar-refractivity contribution in [2.75, 3.05) is 20.3 Å². The van der Waals surface area contributed by atoms with Crippen molar-refractivity contribution in [2.24, 2.45) is 5.92 Å². The van der Waals surface area contributed by atoms with Gasteiger partial charge in [-0.1, -0.05) is 43.4 Å². The average molecular weight is 346 g/mol. The van der Waals surface area contributed by atoms with Gasteiger partial charge in [-0.25, -0.2) is 0 Å². The van der Waals surface area contributed by atoms with Gasteiger partial charge in [0.05, 0.1) is 32.5 Å². The van der Waals surface area contributed by atoms with Gasteiger partial charge in [0.25, 0.3) is 0 Å². The first-order chi connectivity index (χ1) is 12.2. The van der Waals surface area contributed by atoms with E-state index < -0.39 is 0 Å². The van der Waals surface area contributed by atoms with Crippen LogP contribution in [0.3, 0.4) is 0 Å². The third-order valence-corrected chi connectivity index (χ3v) is 4.25. The van der Waals surface area contributed by atoms with Gasteiger partial charge in [0, 0.05) is 6.61 Å². The molecule has 0 saturated heterocycles. The molecule has 0 saturated carbocycles. The van der Waals surface area contributed by atoms with Crippen LogP contribution in [0.25, 0.3) is 0 Å². The third-order valence-electron chi connectivity index (χ3n) is 4.25. The SMILES string of the molecule is COc1ccc(COC[C@H](C)C[C@@H]2CC=C[C@@H](C/C=C\CO)O2)cc1. The second-order valence-electron chi connectivity index (χ2n) is 6.55. The number of ether oxygens (including phenoxy) is 3. The molecule has 1 aromatic carbocycles. The summed E-state index contributed by atoms with van der Waals surface area (Å²) in [4.78, 5) is 0. The van der Waals surface area contributed by atoms with Crippen molar-refractivity contribution in [3.63, 3.8) is 0 Å². The summed E-state index contributed by atoms with van der Waals surface area (Å²) in [7, 11) is 1.67. The summed E-state index contributed by atoms with van der Waals surface area (Å²) >= 11 is 0. The van der Waals surface area contributed by atoms with E-state index >= 15 is 0 Å². The molecule has 2 rings (SSSR count). The van der Waals surface area contributed by atoms with Crippen molar-refractivity contribution in [1.29, 1.82) is 0 Å². The zero-order valence-electron chi connectivity index (χ0n) is 15.3. The fraction of sp³-hybridized carbons (Fsp3) is 0.524. The fourth-order valence-electron chi connectivity index (χ4n) is 2.94. The first-order valence-electron chi connectivity index (χ1n) is 9.00. The molecule has 0 fully saturated rings. The highest BCUT2D eigenvalue weighted by Gasteiger charge is 2.19. The van der Waals surface area contributed by atoms with Crippen LogP contribution in [0.1, 0.15) is 31.7 Å². The molecule has 1 aliphatic rings. The lowest BCUT2D eigenvalue weighted by molar-refractivity contribution is -0.0147. The zero-order chi connectivity index (χ0) is 17.9. The second kappa shape index (κ2) is 11.1. The van der Waals surface area contributed by atoms with Crippen molar-refractivity contribution in [2.45, 2.75) is 45.0 Å². The molecule has 0 radical (unpaired) electrons. The van der Waals surface area contributed by atoms with Gasteiger partial charge >= 0.3 is 0 Å². The van der Waals surface area contributed by atoms with Gasteiger partial charge in [0.2, 0.25) is 0 Å². The summed E-state index contributed by atoms with van der Waals surface area (Å²) in [6, 6.07) is 7.97. The molecule has 0 aliphatic carbocycles. The minimum absolute atomic E-state index is 0.0857. The van der Waals surface area contributed by atoms with E-state index in [9.17, 15) is 0 Å². The predicted octanol–water partition coefficient (Wildman–Crippen LogP) is 3.89. The monoisotopic (exact) mass is 346 g/mol. The van der Waals surface area contributed by atoms with E-state index in [1.54, 1.807) is 13.2 Å². The van der Waals surface area contributed by atoms with Crippen LogP contribution in [0.2, 0.25) is 0 Å². The molecule has 0 amide bonds. The van der Waals surface area contributed by atoms with E-state index in [1.807, 2.05) is 30.3 Å². The van der Waals surface area contributed by atoms with Crippen LogP contribution in [-0.2, 0) is 16.1 Å². The van der Waals surface area contributed by atoms with Crippen molar-refractivity contribution in [3.8, 4) is 5.75 Å². The highest BCUT2D eigenvalue weighted by molar-refractivity contribution is 5.26. The Balaban J connectivity index is 1.66. The van der Waals surface area contributed by atoms with E-state index in [-0.39, 0.29) is 18.8 Å². The maximum Gasteiger partial charge on any atom is 0.118 e. The average Bonchev–Trinajstić information content (AvgIpc) is 2.63. The summed E-state index contributed by atoms with van der Waals surface area (Å²) in [6.07, 6.45) is 11.2. The molecule has 1 aromatic rings. The zero-order valence-corrected chi connectivity index (χ0v) is 15.3. The van der Waals surface area contributed by atoms with E-state index in [2.05, 4.69) is 19.1 Å². The van der Waals surface area contributed by atoms with Gasteiger partial charge in [-0.15, -0.1) is 0 Å². The Bertz CT molecular complexity index is 535. The lowest BCUT2D eigenvalue weighted by atomic mass is 9.99. The maximum atomic E-state index is 8.79. The second-order valence-corrected chi connectivity index (χ2v) is 6.55. The lowest BCUT2D eigenvalue weighted by Crippen LogP contribution is -2.26. The lowest BCUT2D eigenvalue weighted by Gasteiger charge is -2.27. The van der Waals surface area contributed by atoms with Crippen molar-refractivity contribution in [3.05, 3.63) is 54.1 Å². The van der Waals surface area contributed by atoms with Crippen LogP contribution in [0.4, 0.5) is 0 Å². The number of benzene rings is 1. The molecule has 1 N–H and O–H groups in total. The number of hydrogen-bond acceptors (Lipinski definition) is 4. The molecule has 3 atom stereocenters. The van der Waals surface area contributed by atoms with Crippen LogP contribution < -0.4 is 4.74 Å². The molecule has 4 heteroatoms. The largest absolute Gasteiger partial charge is 0.497 e. The standard InChI is InChI=1S/C21H30O4/c1-17(15-24-16-18-9-11-19(23-2)12-10-18)14-21-8-5-7-20(25-21)6-3-4-13-22/h3-5,7,9-12,17,20-22H,6,8,13-16H2,1-2H3/b4-3-/t17-,20-,21+/m1/s1. The van der Waals surface area contributed by atoms with Crippen molar-refractivity contribution >= 4 is 0 Å². The first-order valence-corrected chi connectivity index (χ1v) is 9.00. The molecule has 25 heavy (non-hydrogen) atoms. The van der Waals surface area contributed by atoms with Crippen LogP contribution in [-0.4, -0.2) is 37.6 Å². The molecule has 138 valence electrons. The Labute approximate surface area is 151 Å². The smallest absolute Gasteiger partial charge is 0.118 e. The maximum absolute atomic E-state index is 8.79. The van der Waals surface area contributed by atoms with Gasteiger partial charge < -0.3 is 19.3 Å². The van der Waals surface area contributed by atoms with E-state index in [0.29, 0.717) is 12.5 Å². The van der Waals surface area contributed by atoms with Crippen molar-refractivity contribution < 1.29 is 19.3 Å². The molecule has 4 nitrogen and oxygen atoms in total. The van der Waals surface area contributed by atoms with E-state index in [0.717, 1.165) is 37.2 Å². The third kappa shape index (κ3) is 7.43. The number of rotatable bonds is 10. The number of hydrogen-bond donors (Lipinski definition) is 1. The van der Waals surface area contributed by atoms with Gasteiger partial charge in [-0.3, -0.25) is 0 Å². The highest BCUT2D eigenvalue weighted by Crippen LogP contribution is 2.21. The van der Waals surface area contributed by atoms with Crippen molar-refractivity contribution in [1.82, 2.24) is 0 Å². The molecular weight excluding hydrogens is 316 g/mol. The molecule has 0 bridgehead atoms. The number of aliphatic hydroxyl groups excluding tert-OH is 1. The molecular formula is C21H30O4. The molecule has 0 unspecified atom stereocenters. The summed E-state index contributed by atoms with van der Waals surface area (Å²) < 4.78 is 17.1. The summed E-state index contributed by atoms with van der Waals surface area (Å²) in [6.45, 7) is 3.64. The molecule has 1 aliphatic heterocycles. The molecule has 0 aromatic heterocycles. The topological polar surface area (TPSA) is 47.9 Å². The Morgan fingerprint density at radius 2 is 2.08 bits per heavy atom. The fourth-order valence-corrected chi connectivity index (χ4v) is 2.94. The minimum Gasteiger partial charge on any atom is -0.497 e. The first kappa shape index (κ1) is 19.7. The van der Waals surface area contributed by atoms with Gasteiger partial charge in [-0.2, -0.15) is 0 Å². The Hall–Kier alpha value is -1.62. The van der Waals surface area contributed by atoms with Crippen LogP contribution in [0.15, 0.2) is 48.6 Å². The molecule has 0 spiro atoms. The Morgan fingerprint density at radius 3 is 2.80 bits per heavy atom. The minimum atomic E-state index is 0.0857. The van der Waals surface area contributed by atoms with E-state index in [1.165, 1.54) is 0 Å². The van der Waals surface area contributed by atoms with Crippen LogP contribution in [0.5, 0.6) is 5.75 Å². The summed E-state index contributed by atoms with van der Waals surface area (Å²) in [5, 5.41) is 8.79. The summed E-state index contributed by atoms with van der Waals surface area (Å²) in [5.74, 6) is 1.31. The highest BCUT2D eigenvalue weighted by atomic mass is 16.5. The van der Waals surface area contributed by atoms with Gasteiger partial charge in [0.15, 0.2) is 0 Å². The Morgan fingerprint density at radius 1 is 1.28 bits per heavy atom. The van der Waals surface area contributed by atoms with Crippen LogP contribution in [0, 0.1) is 5.92 Å². The van der Waals surface area contributed by atoms with Crippen LogP contribution >= 0.6 is 0 Å². The van der Waals surface area contributed by atoms with Gasteiger partial charge in [0.1, 0.15) is 5.75 Å². The number of methoxy groups -OCH3 is 1. The summed E-state index contributed by atoms with van der Waals surface area (Å²) in [5.41, 5.74) is 1.15. The quantitative estimate of drug-likeness (QED) is 0.653.